The van der Waals surface area contributed by atoms with Crippen LogP contribution in [0.5, 0.6) is 0 Å². The Hall–Kier alpha value is -1.20. The summed E-state index contributed by atoms with van der Waals surface area (Å²) in [6.45, 7) is 4.27. The monoisotopic (exact) mass is 266 g/mol. The molecule has 1 saturated heterocycles. The average molecular weight is 266 g/mol. The number of carbonyl (C=O) groups excluding carboxylic acids is 2. The van der Waals surface area contributed by atoms with Gasteiger partial charge in [-0.3, -0.25) is 14.5 Å². The van der Waals surface area contributed by atoms with Gasteiger partial charge in [-0.1, -0.05) is 6.92 Å². The molecule has 5 heteroatoms. The molecule has 0 aromatic carbocycles. The van der Waals surface area contributed by atoms with Gasteiger partial charge in [-0.15, -0.1) is 11.3 Å². The fourth-order valence-electron chi connectivity index (χ4n) is 1.94. The minimum Gasteiger partial charge on any atom is -0.343 e. The first-order chi connectivity index (χ1) is 8.60. The van der Waals surface area contributed by atoms with Crippen molar-refractivity contribution in [2.45, 2.75) is 13.3 Å². The molecule has 1 aromatic heterocycles. The van der Waals surface area contributed by atoms with Gasteiger partial charge in [-0.2, -0.15) is 0 Å². The van der Waals surface area contributed by atoms with Crippen LogP contribution in [0.3, 0.4) is 0 Å². The molecule has 1 fully saturated rings. The molecule has 0 spiro atoms. The summed E-state index contributed by atoms with van der Waals surface area (Å²) >= 11 is 1.56. The molecule has 0 N–H and O–H groups in total. The number of carbonyl (C=O) groups is 2. The minimum atomic E-state index is 0.0921. The Bertz CT molecular complexity index is 456. The lowest BCUT2D eigenvalue weighted by Crippen LogP contribution is -2.49. The summed E-state index contributed by atoms with van der Waals surface area (Å²) in [4.78, 5) is 29.3. The first-order valence-electron chi connectivity index (χ1n) is 6.18. The zero-order valence-corrected chi connectivity index (χ0v) is 11.6. The number of rotatable bonds is 4. The number of nitrogens with zero attached hydrogens (tertiary/aromatic N) is 2. The number of hydrogen-bond acceptors (Lipinski definition) is 4. The highest BCUT2D eigenvalue weighted by Gasteiger charge is 2.23. The average Bonchev–Trinajstić information content (AvgIpc) is 2.82. The Morgan fingerprint density at radius 1 is 1.39 bits per heavy atom. The Balaban J connectivity index is 1.93. The highest BCUT2D eigenvalue weighted by atomic mass is 32.1. The third-order valence-corrected chi connectivity index (χ3v) is 4.46. The summed E-state index contributed by atoms with van der Waals surface area (Å²) < 4.78 is 0. The van der Waals surface area contributed by atoms with Crippen LogP contribution in [0.25, 0.3) is 0 Å². The smallest absolute Gasteiger partial charge is 0.236 e. The molecule has 1 amide bonds. The first-order valence-corrected chi connectivity index (χ1v) is 7.00. The van der Waals surface area contributed by atoms with E-state index in [1.165, 1.54) is 4.88 Å². The van der Waals surface area contributed by atoms with Gasteiger partial charge in [-0.05, 0) is 18.6 Å². The van der Waals surface area contributed by atoms with E-state index in [1.54, 1.807) is 23.3 Å². The largest absolute Gasteiger partial charge is 0.343 e. The third-order valence-electron chi connectivity index (χ3n) is 3.19. The van der Waals surface area contributed by atoms with Crippen molar-refractivity contribution in [1.29, 1.82) is 0 Å². The SMILES string of the molecule is CCc1ccc(C(=O)CN2CCN(C)C(=O)C2)s1. The second kappa shape index (κ2) is 5.63. The molecule has 1 aromatic rings. The molecule has 2 rings (SSSR count). The van der Waals surface area contributed by atoms with Gasteiger partial charge < -0.3 is 4.90 Å². The normalized spacial score (nSPS) is 17.2. The van der Waals surface area contributed by atoms with Crippen LogP contribution >= 0.6 is 11.3 Å². The second-order valence-corrected chi connectivity index (χ2v) is 5.74. The lowest BCUT2D eigenvalue weighted by Gasteiger charge is -2.31. The van der Waals surface area contributed by atoms with Gasteiger partial charge in [-0.25, -0.2) is 0 Å². The summed E-state index contributed by atoms with van der Waals surface area (Å²) in [5, 5.41) is 0. The fraction of sp³-hybridized carbons (Fsp3) is 0.538. The topological polar surface area (TPSA) is 40.6 Å². The number of ketones is 1. The van der Waals surface area contributed by atoms with Gasteiger partial charge in [0.15, 0.2) is 5.78 Å². The number of aryl methyl sites for hydroxylation is 1. The van der Waals surface area contributed by atoms with Crippen LogP contribution in [0.4, 0.5) is 0 Å². The van der Waals surface area contributed by atoms with Crippen molar-refractivity contribution in [3.05, 3.63) is 21.9 Å². The predicted octanol–water partition coefficient (Wildman–Crippen LogP) is 1.27. The Morgan fingerprint density at radius 3 is 2.78 bits per heavy atom. The fourth-order valence-corrected chi connectivity index (χ4v) is 2.82. The van der Waals surface area contributed by atoms with Crippen LogP contribution in [-0.4, -0.2) is 54.7 Å². The van der Waals surface area contributed by atoms with E-state index in [2.05, 4.69) is 6.92 Å². The molecule has 4 nitrogen and oxygen atoms in total. The number of hydrogen-bond donors (Lipinski definition) is 0. The van der Waals surface area contributed by atoms with Crippen molar-refractivity contribution < 1.29 is 9.59 Å². The summed E-state index contributed by atoms with van der Waals surface area (Å²) in [6.07, 6.45) is 0.963. The summed E-state index contributed by atoms with van der Waals surface area (Å²) in [5.41, 5.74) is 0. The van der Waals surface area contributed by atoms with Gasteiger partial charge in [0.25, 0.3) is 0 Å². The second-order valence-electron chi connectivity index (χ2n) is 4.57. The van der Waals surface area contributed by atoms with Gasteiger partial charge in [0, 0.05) is 25.0 Å². The lowest BCUT2D eigenvalue weighted by atomic mass is 10.2. The van der Waals surface area contributed by atoms with Crippen LogP contribution in [-0.2, 0) is 11.2 Å². The molecule has 18 heavy (non-hydrogen) atoms. The number of thiophene rings is 1. The Morgan fingerprint density at radius 2 is 2.17 bits per heavy atom. The van der Waals surface area contributed by atoms with E-state index in [1.807, 2.05) is 17.0 Å². The van der Waals surface area contributed by atoms with Gasteiger partial charge >= 0.3 is 0 Å². The molecular formula is C13H18N2O2S. The minimum absolute atomic E-state index is 0.0921. The maximum atomic E-state index is 12.1. The van der Waals surface area contributed by atoms with E-state index in [0.717, 1.165) is 17.8 Å². The molecule has 98 valence electrons. The number of amides is 1. The van der Waals surface area contributed by atoms with E-state index in [4.69, 9.17) is 0 Å². The van der Waals surface area contributed by atoms with Gasteiger partial charge in [0.1, 0.15) is 0 Å². The quantitative estimate of drug-likeness (QED) is 0.771. The summed E-state index contributed by atoms with van der Waals surface area (Å²) in [5.74, 6) is 0.214. The summed E-state index contributed by atoms with van der Waals surface area (Å²) in [7, 11) is 1.80. The van der Waals surface area contributed by atoms with Crippen LogP contribution in [0.15, 0.2) is 12.1 Å². The molecule has 0 bridgehead atoms. The predicted molar refractivity (Wildman–Crippen MR) is 72.1 cm³/mol. The van der Waals surface area contributed by atoms with E-state index < -0.39 is 0 Å². The lowest BCUT2D eigenvalue weighted by molar-refractivity contribution is -0.134. The zero-order valence-electron chi connectivity index (χ0n) is 10.8. The molecule has 0 radical (unpaired) electrons. The van der Waals surface area contributed by atoms with E-state index in [-0.39, 0.29) is 11.7 Å². The standard InChI is InChI=1S/C13H18N2O2S/c1-3-10-4-5-12(18-10)11(16)8-15-7-6-14(2)13(17)9-15/h4-5H,3,6-9H2,1-2H3. The van der Waals surface area contributed by atoms with Gasteiger partial charge in [0.2, 0.25) is 5.91 Å². The van der Waals surface area contributed by atoms with Crippen molar-refractivity contribution in [2.75, 3.05) is 33.2 Å². The third kappa shape index (κ3) is 2.97. The van der Waals surface area contributed by atoms with Crippen LogP contribution in [0.2, 0.25) is 0 Å². The maximum absolute atomic E-state index is 12.1. The molecule has 1 aliphatic heterocycles. The van der Waals surface area contributed by atoms with Crippen molar-refractivity contribution in [3.8, 4) is 0 Å². The molecule has 0 saturated carbocycles. The van der Waals surface area contributed by atoms with Crippen LogP contribution in [0, 0.1) is 0 Å². The molecule has 0 aliphatic carbocycles. The number of likely N-dealkylation sites (N-methyl/N-ethyl adjacent to an activating group) is 1. The molecule has 1 aliphatic rings. The zero-order chi connectivity index (χ0) is 13.1. The molecule has 2 heterocycles. The van der Waals surface area contributed by atoms with Crippen molar-refractivity contribution in [2.24, 2.45) is 0 Å². The van der Waals surface area contributed by atoms with E-state index in [0.29, 0.717) is 19.6 Å². The number of piperazine rings is 1. The van der Waals surface area contributed by atoms with E-state index >= 15 is 0 Å². The summed E-state index contributed by atoms with van der Waals surface area (Å²) in [6, 6.07) is 3.90. The van der Waals surface area contributed by atoms with Crippen molar-refractivity contribution in [1.82, 2.24) is 9.80 Å². The van der Waals surface area contributed by atoms with Crippen molar-refractivity contribution >= 4 is 23.0 Å². The molecular weight excluding hydrogens is 248 g/mol. The van der Waals surface area contributed by atoms with E-state index in [9.17, 15) is 9.59 Å². The highest BCUT2D eigenvalue weighted by molar-refractivity contribution is 7.14. The Labute approximate surface area is 111 Å². The molecule has 0 atom stereocenters. The van der Waals surface area contributed by atoms with Crippen LogP contribution in [0.1, 0.15) is 21.5 Å². The van der Waals surface area contributed by atoms with Crippen LogP contribution < -0.4 is 0 Å². The Kier molecular flexibility index (Phi) is 4.14. The molecule has 0 unspecified atom stereocenters. The van der Waals surface area contributed by atoms with Gasteiger partial charge in [0.05, 0.1) is 18.0 Å². The van der Waals surface area contributed by atoms with Crippen molar-refractivity contribution in [3.63, 3.8) is 0 Å². The number of Topliss-reactive ketones (excluding diaryl/α,β-unsaturated/α-hetero) is 1. The first kappa shape index (κ1) is 13.2. The highest BCUT2D eigenvalue weighted by Crippen LogP contribution is 2.18. The maximum Gasteiger partial charge on any atom is 0.236 e.